The van der Waals surface area contributed by atoms with E-state index >= 15 is 0 Å². The van der Waals surface area contributed by atoms with Crippen LogP contribution in [0.2, 0.25) is 5.02 Å². The Kier molecular flexibility index (Phi) is 4.93. The zero-order chi connectivity index (χ0) is 14.5. The summed E-state index contributed by atoms with van der Waals surface area (Å²) < 4.78 is 0. The third-order valence-corrected chi connectivity index (χ3v) is 4.00. The average Bonchev–Trinajstić information content (AvgIpc) is 2.42. The van der Waals surface area contributed by atoms with Gasteiger partial charge in [-0.2, -0.15) is 0 Å². The van der Waals surface area contributed by atoms with Crippen LogP contribution in [-0.4, -0.2) is 11.7 Å². The van der Waals surface area contributed by atoms with Crippen LogP contribution in [-0.2, 0) is 4.79 Å². The summed E-state index contributed by atoms with van der Waals surface area (Å²) in [6, 6.07) is 13.1. The molecule has 3 nitrogen and oxygen atoms in total. The average molecular weight is 307 g/mol. The monoisotopic (exact) mass is 306 g/mol. The van der Waals surface area contributed by atoms with E-state index in [-0.39, 0.29) is 5.91 Å². The van der Waals surface area contributed by atoms with Gasteiger partial charge in [-0.15, -0.1) is 11.8 Å². The number of anilines is 2. The topological polar surface area (TPSA) is 55.1 Å². The zero-order valence-corrected chi connectivity index (χ0v) is 12.6. The second-order valence-electron chi connectivity index (χ2n) is 4.39. The molecule has 2 aromatic rings. The molecule has 0 atom stereocenters. The van der Waals surface area contributed by atoms with E-state index in [9.17, 15) is 4.79 Å². The van der Waals surface area contributed by atoms with Crippen LogP contribution in [0.1, 0.15) is 5.56 Å². The Labute approximate surface area is 127 Å². The molecule has 0 fully saturated rings. The van der Waals surface area contributed by atoms with Gasteiger partial charge in [0, 0.05) is 10.6 Å². The Morgan fingerprint density at radius 3 is 2.65 bits per heavy atom. The summed E-state index contributed by atoms with van der Waals surface area (Å²) in [5.41, 5.74) is 7.98. The van der Waals surface area contributed by atoms with E-state index in [2.05, 4.69) is 5.32 Å². The minimum Gasteiger partial charge on any atom is -0.399 e. The van der Waals surface area contributed by atoms with Gasteiger partial charge in [0.2, 0.25) is 5.91 Å². The second kappa shape index (κ2) is 6.68. The van der Waals surface area contributed by atoms with E-state index in [0.717, 1.165) is 4.90 Å². The Morgan fingerprint density at radius 2 is 1.95 bits per heavy atom. The molecule has 0 radical (unpaired) electrons. The highest BCUT2D eigenvalue weighted by Gasteiger charge is 2.07. The molecule has 0 heterocycles. The van der Waals surface area contributed by atoms with E-state index in [1.807, 2.05) is 31.2 Å². The molecule has 0 aliphatic carbocycles. The first-order valence-corrected chi connectivity index (χ1v) is 7.45. The number of nitrogens with two attached hydrogens (primary N) is 1. The van der Waals surface area contributed by atoms with E-state index in [0.29, 0.717) is 22.2 Å². The predicted molar refractivity (Wildman–Crippen MR) is 86.4 cm³/mol. The Balaban J connectivity index is 1.92. The van der Waals surface area contributed by atoms with Crippen molar-refractivity contribution in [2.75, 3.05) is 16.8 Å². The van der Waals surface area contributed by atoms with Crippen LogP contribution < -0.4 is 11.1 Å². The highest BCUT2D eigenvalue weighted by molar-refractivity contribution is 8.00. The van der Waals surface area contributed by atoms with Crippen molar-refractivity contribution in [3.05, 3.63) is 53.1 Å². The first-order valence-electron chi connectivity index (χ1n) is 6.09. The number of amides is 1. The maximum atomic E-state index is 11.9. The zero-order valence-electron chi connectivity index (χ0n) is 11.0. The molecule has 0 spiro atoms. The summed E-state index contributed by atoms with van der Waals surface area (Å²) in [5.74, 6) is 0.219. The molecular weight excluding hydrogens is 292 g/mol. The molecule has 0 aliphatic heterocycles. The molecule has 1 amide bonds. The molecule has 2 rings (SSSR count). The fourth-order valence-electron chi connectivity index (χ4n) is 1.61. The van der Waals surface area contributed by atoms with Crippen LogP contribution in [0.15, 0.2) is 47.4 Å². The van der Waals surface area contributed by atoms with Gasteiger partial charge in [-0.25, -0.2) is 0 Å². The lowest BCUT2D eigenvalue weighted by Gasteiger charge is -2.08. The SMILES string of the molecule is Cc1ccc(SCC(=O)Nc2cc(N)ccc2Cl)cc1. The van der Waals surface area contributed by atoms with Gasteiger partial charge < -0.3 is 11.1 Å². The van der Waals surface area contributed by atoms with Crippen molar-refractivity contribution in [1.82, 2.24) is 0 Å². The lowest BCUT2D eigenvalue weighted by atomic mass is 10.2. The van der Waals surface area contributed by atoms with E-state index in [1.54, 1.807) is 18.2 Å². The van der Waals surface area contributed by atoms with Crippen molar-refractivity contribution in [3.63, 3.8) is 0 Å². The number of carbonyl (C=O) groups is 1. The largest absolute Gasteiger partial charge is 0.399 e. The predicted octanol–water partition coefficient (Wildman–Crippen LogP) is 3.96. The summed E-state index contributed by atoms with van der Waals surface area (Å²) in [6.07, 6.45) is 0. The summed E-state index contributed by atoms with van der Waals surface area (Å²) in [4.78, 5) is 12.9. The first-order chi connectivity index (χ1) is 9.54. The van der Waals surface area contributed by atoms with Gasteiger partial charge in [-0.1, -0.05) is 29.3 Å². The van der Waals surface area contributed by atoms with Gasteiger partial charge in [0.05, 0.1) is 16.5 Å². The lowest BCUT2D eigenvalue weighted by Crippen LogP contribution is -2.14. The highest BCUT2D eigenvalue weighted by atomic mass is 35.5. The molecule has 2 aromatic carbocycles. The third kappa shape index (κ3) is 4.18. The number of nitrogens with one attached hydrogen (secondary N) is 1. The number of hydrogen-bond acceptors (Lipinski definition) is 3. The van der Waals surface area contributed by atoms with E-state index < -0.39 is 0 Å². The Morgan fingerprint density at radius 1 is 1.25 bits per heavy atom. The summed E-state index contributed by atoms with van der Waals surface area (Å²) in [7, 11) is 0. The molecule has 0 unspecified atom stereocenters. The summed E-state index contributed by atoms with van der Waals surface area (Å²) >= 11 is 7.48. The minimum atomic E-state index is -0.108. The third-order valence-electron chi connectivity index (χ3n) is 2.66. The van der Waals surface area contributed by atoms with Gasteiger partial charge in [0.1, 0.15) is 0 Å². The molecule has 0 bridgehead atoms. The van der Waals surface area contributed by atoms with Gasteiger partial charge in [0.15, 0.2) is 0 Å². The molecular formula is C15H15ClN2OS. The molecule has 5 heteroatoms. The smallest absolute Gasteiger partial charge is 0.234 e. The van der Waals surface area contributed by atoms with Gasteiger partial charge in [-0.05, 0) is 37.3 Å². The molecule has 0 saturated heterocycles. The second-order valence-corrected chi connectivity index (χ2v) is 5.85. The number of halogens is 1. The maximum Gasteiger partial charge on any atom is 0.234 e. The Hall–Kier alpha value is -1.65. The van der Waals surface area contributed by atoms with Crippen LogP contribution in [0, 0.1) is 6.92 Å². The number of carbonyl (C=O) groups excluding carboxylic acids is 1. The number of hydrogen-bond donors (Lipinski definition) is 2. The number of thioether (sulfide) groups is 1. The number of nitrogen functional groups attached to an aromatic ring is 1. The standard InChI is InChI=1S/C15H15ClN2OS/c1-10-2-5-12(6-3-10)20-9-15(19)18-14-8-11(17)4-7-13(14)16/h2-8H,9,17H2,1H3,(H,18,19). The van der Waals surface area contributed by atoms with Crippen molar-refractivity contribution < 1.29 is 4.79 Å². The molecule has 104 valence electrons. The molecule has 0 saturated carbocycles. The van der Waals surface area contributed by atoms with Crippen LogP contribution in [0.5, 0.6) is 0 Å². The van der Waals surface area contributed by atoms with Crippen molar-refractivity contribution in [2.24, 2.45) is 0 Å². The first kappa shape index (κ1) is 14.8. The molecule has 0 aliphatic rings. The summed E-state index contributed by atoms with van der Waals surface area (Å²) in [5, 5.41) is 3.24. The van der Waals surface area contributed by atoms with Crippen molar-refractivity contribution in [1.29, 1.82) is 0 Å². The molecule has 3 N–H and O–H groups in total. The molecule has 0 aromatic heterocycles. The summed E-state index contributed by atoms with van der Waals surface area (Å²) in [6.45, 7) is 2.03. The van der Waals surface area contributed by atoms with Gasteiger partial charge in [0.25, 0.3) is 0 Å². The van der Waals surface area contributed by atoms with Crippen LogP contribution >= 0.6 is 23.4 Å². The van der Waals surface area contributed by atoms with Crippen molar-refractivity contribution >= 4 is 40.6 Å². The Bertz CT molecular complexity index is 614. The van der Waals surface area contributed by atoms with Gasteiger partial charge in [-0.3, -0.25) is 4.79 Å². The van der Waals surface area contributed by atoms with Crippen LogP contribution in [0.4, 0.5) is 11.4 Å². The van der Waals surface area contributed by atoms with Gasteiger partial charge >= 0.3 is 0 Å². The maximum absolute atomic E-state index is 11.9. The number of benzene rings is 2. The van der Waals surface area contributed by atoms with Crippen molar-refractivity contribution in [3.8, 4) is 0 Å². The quantitative estimate of drug-likeness (QED) is 0.664. The minimum absolute atomic E-state index is 0.108. The molecule has 20 heavy (non-hydrogen) atoms. The fraction of sp³-hybridized carbons (Fsp3) is 0.133. The van der Waals surface area contributed by atoms with Crippen molar-refractivity contribution in [2.45, 2.75) is 11.8 Å². The highest BCUT2D eigenvalue weighted by Crippen LogP contribution is 2.25. The van der Waals surface area contributed by atoms with Crippen LogP contribution in [0.25, 0.3) is 0 Å². The van der Waals surface area contributed by atoms with E-state index in [4.69, 9.17) is 17.3 Å². The fourth-order valence-corrected chi connectivity index (χ4v) is 2.47. The van der Waals surface area contributed by atoms with E-state index in [1.165, 1.54) is 17.3 Å². The normalized spacial score (nSPS) is 10.3. The lowest BCUT2D eigenvalue weighted by molar-refractivity contribution is -0.113. The number of rotatable bonds is 4. The van der Waals surface area contributed by atoms with Crippen LogP contribution in [0.3, 0.4) is 0 Å². The number of aryl methyl sites for hydroxylation is 1.